The summed E-state index contributed by atoms with van der Waals surface area (Å²) in [6.07, 6.45) is 1.49. The normalized spacial score (nSPS) is 13.5. The van der Waals surface area contributed by atoms with Gasteiger partial charge in [-0.05, 0) is 35.7 Å². The summed E-state index contributed by atoms with van der Waals surface area (Å²) in [6, 6.07) is 13.8. The molecule has 0 saturated heterocycles. The first kappa shape index (κ1) is 15.8. The molecule has 0 aliphatic heterocycles. The molecular weight excluding hydrogens is 334 g/mol. The third kappa shape index (κ3) is 3.17. The largest absolute Gasteiger partial charge is 0.466 e. The Morgan fingerprint density at radius 3 is 2.70 bits per heavy atom. The lowest BCUT2D eigenvalue weighted by atomic mass is 9.98. The maximum Gasteiger partial charge on any atom is 0.252 e. The maximum atomic E-state index is 12.3. The van der Waals surface area contributed by atoms with Gasteiger partial charge in [0.15, 0.2) is 5.60 Å². The van der Waals surface area contributed by atoms with Crippen molar-refractivity contribution in [2.45, 2.75) is 5.60 Å². The van der Waals surface area contributed by atoms with Crippen molar-refractivity contribution in [3.05, 3.63) is 81.4 Å². The van der Waals surface area contributed by atoms with Gasteiger partial charge in [0, 0.05) is 4.88 Å². The van der Waals surface area contributed by atoms with Crippen LogP contribution in [0, 0.1) is 0 Å². The van der Waals surface area contributed by atoms with E-state index in [0.717, 1.165) is 0 Å². The monoisotopic (exact) mass is 347 g/mol. The highest BCUT2D eigenvalue weighted by Gasteiger charge is 2.36. The number of carbonyl (C=O) groups is 1. The molecule has 4 nitrogen and oxygen atoms in total. The molecular formula is C17H14ClNO3S. The van der Waals surface area contributed by atoms with Crippen LogP contribution >= 0.6 is 22.9 Å². The van der Waals surface area contributed by atoms with E-state index in [-0.39, 0.29) is 12.5 Å². The fraction of sp³-hybridized carbons (Fsp3) is 0.118. The molecule has 0 aliphatic rings. The van der Waals surface area contributed by atoms with Crippen molar-refractivity contribution in [1.82, 2.24) is 5.32 Å². The number of hydrogen-bond donors (Lipinski definition) is 2. The van der Waals surface area contributed by atoms with Gasteiger partial charge in [-0.2, -0.15) is 0 Å². The zero-order chi connectivity index (χ0) is 16.3. The Bertz CT molecular complexity index is 750. The molecule has 2 heterocycles. The van der Waals surface area contributed by atoms with E-state index in [1.165, 1.54) is 17.6 Å². The van der Waals surface area contributed by atoms with Gasteiger partial charge < -0.3 is 14.8 Å². The lowest BCUT2D eigenvalue weighted by Gasteiger charge is -2.25. The molecule has 1 atom stereocenters. The van der Waals surface area contributed by atoms with E-state index in [9.17, 15) is 9.90 Å². The second-order valence-corrected chi connectivity index (χ2v) is 6.33. The average Bonchev–Trinajstić information content (AvgIpc) is 3.25. The van der Waals surface area contributed by atoms with Gasteiger partial charge in [-0.25, -0.2) is 0 Å². The minimum Gasteiger partial charge on any atom is -0.466 e. The number of amides is 1. The molecule has 118 valence electrons. The third-order valence-corrected chi connectivity index (χ3v) is 4.83. The zero-order valence-electron chi connectivity index (χ0n) is 12.0. The Morgan fingerprint density at radius 1 is 1.22 bits per heavy atom. The van der Waals surface area contributed by atoms with E-state index in [1.807, 2.05) is 11.4 Å². The Hall–Kier alpha value is -2.08. The van der Waals surface area contributed by atoms with Gasteiger partial charge in [0.2, 0.25) is 0 Å². The Labute approximate surface area is 142 Å². The van der Waals surface area contributed by atoms with Crippen molar-refractivity contribution < 1.29 is 14.3 Å². The molecule has 0 radical (unpaired) electrons. The summed E-state index contributed by atoms with van der Waals surface area (Å²) in [4.78, 5) is 13.0. The van der Waals surface area contributed by atoms with Crippen LogP contribution in [0.2, 0.25) is 5.02 Å². The van der Waals surface area contributed by atoms with Crippen molar-refractivity contribution in [2.24, 2.45) is 0 Å². The molecule has 3 aromatic rings. The summed E-state index contributed by atoms with van der Waals surface area (Å²) in [5.41, 5.74) is -1.06. The number of nitrogens with one attached hydrogen (secondary N) is 1. The molecule has 2 N–H and O–H groups in total. The van der Waals surface area contributed by atoms with E-state index in [1.54, 1.807) is 42.5 Å². The average molecular weight is 348 g/mol. The highest BCUT2D eigenvalue weighted by atomic mass is 35.5. The van der Waals surface area contributed by atoms with Gasteiger partial charge in [0.25, 0.3) is 5.91 Å². The summed E-state index contributed by atoms with van der Waals surface area (Å²) >= 11 is 7.42. The number of carbonyl (C=O) groups excluding carboxylic acids is 1. The number of benzene rings is 1. The van der Waals surface area contributed by atoms with E-state index < -0.39 is 5.60 Å². The second kappa shape index (κ2) is 6.58. The van der Waals surface area contributed by atoms with Crippen LogP contribution < -0.4 is 5.32 Å². The van der Waals surface area contributed by atoms with Crippen LogP contribution in [-0.4, -0.2) is 17.6 Å². The van der Waals surface area contributed by atoms with Crippen LogP contribution in [0.5, 0.6) is 0 Å². The Balaban J connectivity index is 1.84. The van der Waals surface area contributed by atoms with Gasteiger partial charge in [0.1, 0.15) is 5.76 Å². The van der Waals surface area contributed by atoms with Gasteiger partial charge in [-0.3, -0.25) is 4.79 Å². The van der Waals surface area contributed by atoms with Crippen LogP contribution in [0.25, 0.3) is 0 Å². The van der Waals surface area contributed by atoms with E-state index >= 15 is 0 Å². The topological polar surface area (TPSA) is 62.5 Å². The van der Waals surface area contributed by atoms with Crippen molar-refractivity contribution >= 4 is 28.8 Å². The van der Waals surface area contributed by atoms with Gasteiger partial charge >= 0.3 is 0 Å². The quantitative estimate of drug-likeness (QED) is 0.740. The molecule has 0 aliphatic carbocycles. The minimum absolute atomic E-state index is 0.0227. The van der Waals surface area contributed by atoms with E-state index in [0.29, 0.717) is 21.2 Å². The number of rotatable bonds is 5. The molecule has 1 aromatic carbocycles. The van der Waals surface area contributed by atoms with Crippen LogP contribution in [-0.2, 0) is 5.60 Å². The molecule has 0 fully saturated rings. The molecule has 0 unspecified atom stereocenters. The fourth-order valence-corrected chi connectivity index (χ4v) is 3.32. The molecule has 1 amide bonds. The molecule has 2 aromatic heterocycles. The molecule has 0 bridgehead atoms. The predicted octanol–water partition coefficient (Wildman–Crippen LogP) is 3.66. The van der Waals surface area contributed by atoms with Crippen molar-refractivity contribution in [1.29, 1.82) is 0 Å². The lowest BCUT2D eigenvalue weighted by Crippen LogP contribution is -2.41. The molecule has 0 spiro atoms. The first-order chi connectivity index (χ1) is 11.1. The van der Waals surface area contributed by atoms with E-state index in [4.69, 9.17) is 16.0 Å². The highest BCUT2D eigenvalue weighted by molar-refractivity contribution is 7.10. The summed E-state index contributed by atoms with van der Waals surface area (Å²) in [7, 11) is 0. The fourth-order valence-electron chi connectivity index (χ4n) is 2.27. The summed E-state index contributed by atoms with van der Waals surface area (Å²) < 4.78 is 5.36. The Kier molecular flexibility index (Phi) is 4.52. The molecule has 3 rings (SSSR count). The minimum atomic E-state index is -1.42. The summed E-state index contributed by atoms with van der Waals surface area (Å²) in [5, 5.41) is 16.0. The van der Waals surface area contributed by atoms with Crippen molar-refractivity contribution in [3.8, 4) is 0 Å². The molecule has 23 heavy (non-hydrogen) atoms. The SMILES string of the molecule is O=C(NC[C@@](O)(c1ccco1)c1cccs1)c1ccccc1Cl. The molecule has 0 saturated carbocycles. The van der Waals surface area contributed by atoms with Gasteiger partial charge in [-0.15, -0.1) is 11.3 Å². The lowest BCUT2D eigenvalue weighted by molar-refractivity contribution is 0.0554. The standard InChI is InChI=1S/C17H14ClNO3S/c18-13-6-2-1-5-12(13)16(20)19-11-17(21,14-7-3-9-22-14)15-8-4-10-23-15/h1-10,21H,11H2,(H,19,20)/t17-/m1/s1. The smallest absolute Gasteiger partial charge is 0.252 e. The summed E-state index contributed by atoms with van der Waals surface area (Å²) in [5.74, 6) is 0.0246. The van der Waals surface area contributed by atoms with Gasteiger partial charge in [0.05, 0.1) is 23.4 Å². The zero-order valence-corrected chi connectivity index (χ0v) is 13.6. The maximum absolute atomic E-state index is 12.3. The van der Waals surface area contributed by atoms with Gasteiger partial charge in [-0.1, -0.05) is 29.8 Å². The Morgan fingerprint density at radius 2 is 2.04 bits per heavy atom. The van der Waals surface area contributed by atoms with E-state index in [2.05, 4.69) is 5.32 Å². The number of furan rings is 1. The number of aliphatic hydroxyl groups is 1. The van der Waals surface area contributed by atoms with Crippen LogP contribution in [0.1, 0.15) is 21.0 Å². The van der Waals surface area contributed by atoms with Crippen LogP contribution in [0.3, 0.4) is 0 Å². The number of halogens is 1. The highest BCUT2D eigenvalue weighted by Crippen LogP contribution is 2.32. The van der Waals surface area contributed by atoms with Crippen molar-refractivity contribution in [3.63, 3.8) is 0 Å². The second-order valence-electron chi connectivity index (χ2n) is 4.98. The predicted molar refractivity (Wildman–Crippen MR) is 89.8 cm³/mol. The van der Waals surface area contributed by atoms with Crippen LogP contribution in [0.15, 0.2) is 64.6 Å². The number of thiophene rings is 1. The summed E-state index contributed by atoms with van der Waals surface area (Å²) in [6.45, 7) is -0.0227. The first-order valence-electron chi connectivity index (χ1n) is 6.94. The first-order valence-corrected chi connectivity index (χ1v) is 8.20. The third-order valence-electron chi connectivity index (χ3n) is 3.48. The van der Waals surface area contributed by atoms with Crippen molar-refractivity contribution in [2.75, 3.05) is 6.54 Å². The van der Waals surface area contributed by atoms with Crippen LogP contribution in [0.4, 0.5) is 0 Å². The number of hydrogen-bond acceptors (Lipinski definition) is 4. The molecule has 6 heteroatoms.